The van der Waals surface area contributed by atoms with Gasteiger partial charge in [-0.1, -0.05) is 30.3 Å². The van der Waals surface area contributed by atoms with Gasteiger partial charge in [0.05, 0.1) is 6.61 Å². The molecule has 0 aliphatic rings. The standard InChI is InChI=1S/C7H8NO3S/c8-12(9,10)11-6-7-4-2-1-3-5-7/h1-5,8H,6H2. The van der Waals surface area contributed by atoms with Crippen LogP contribution in [0.2, 0.25) is 0 Å². The highest BCUT2D eigenvalue weighted by Crippen LogP contribution is 2.01. The van der Waals surface area contributed by atoms with Crippen molar-refractivity contribution >= 4 is 10.3 Å². The van der Waals surface area contributed by atoms with E-state index in [1.54, 1.807) is 24.3 Å². The Hall–Kier alpha value is -0.910. The third kappa shape index (κ3) is 3.47. The molecule has 0 aromatic heterocycles. The van der Waals surface area contributed by atoms with Crippen LogP contribution in [0.4, 0.5) is 0 Å². The second-order valence-corrected chi connectivity index (χ2v) is 3.35. The molecule has 0 heterocycles. The average Bonchev–Trinajstić information content (AvgIpc) is 2.02. The van der Waals surface area contributed by atoms with Crippen LogP contribution in [-0.4, -0.2) is 8.42 Å². The van der Waals surface area contributed by atoms with Gasteiger partial charge in [-0.15, -0.1) is 5.14 Å². The van der Waals surface area contributed by atoms with Gasteiger partial charge < -0.3 is 0 Å². The Morgan fingerprint density at radius 2 is 1.83 bits per heavy atom. The molecule has 0 saturated carbocycles. The first kappa shape index (κ1) is 9.18. The monoisotopic (exact) mass is 186 g/mol. The van der Waals surface area contributed by atoms with E-state index in [1.165, 1.54) is 0 Å². The highest BCUT2D eigenvalue weighted by molar-refractivity contribution is 7.84. The number of nitrogens with one attached hydrogen (secondary N) is 1. The molecule has 1 aromatic carbocycles. The van der Waals surface area contributed by atoms with E-state index >= 15 is 0 Å². The van der Waals surface area contributed by atoms with Crippen molar-refractivity contribution in [1.29, 1.82) is 0 Å². The molecule has 0 bridgehead atoms. The Labute approximate surface area is 71.2 Å². The zero-order valence-electron chi connectivity index (χ0n) is 6.23. The molecule has 0 aliphatic carbocycles. The third-order valence-electron chi connectivity index (χ3n) is 1.22. The van der Waals surface area contributed by atoms with Gasteiger partial charge in [-0.05, 0) is 5.56 Å². The molecule has 0 saturated heterocycles. The summed E-state index contributed by atoms with van der Waals surface area (Å²) in [4.78, 5) is 0. The van der Waals surface area contributed by atoms with Gasteiger partial charge in [0.15, 0.2) is 0 Å². The van der Waals surface area contributed by atoms with Crippen molar-refractivity contribution in [2.75, 3.05) is 0 Å². The number of rotatable bonds is 3. The van der Waals surface area contributed by atoms with Crippen LogP contribution in [0.25, 0.3) is 0 Å². The van der Waals surface area contributed by atoms with Crippen LogP contribution in [0, 0.1) is 0 Å². The van der Waals surface area contributed by atoms with Crippen molar-refractivity contribution < 1.29 is 12.6 Å². The van der Waals surface area contributed by atoms with E-state index < -0.39 is 10.3 Å². The van der Waals surface area contributed by atoms with Crippen molar-refractivity contribution in [3.05, 3.63) is 35.9 Å². The summed E-state index contributed by atoms with van der Waals surface area (Å²) < 4.78 is 24.8. The van der Waals surface area contributed by atoms with Crippen molar-refractivity contribution in [3.8, 4) is 0 Å². The number of hydrogen-bond donors (Lipinski definition) is 0. The SMILES string of the molecule is [NH]S(=O)(=O)OCc1ccccc1. The molecule has 1 N–H and O–H groups in total. The largest absolute Gasteiger partial charge is 0.350 e. The minimum absolute atomic E-state index is 0.0767. The summed E-state index contributed by atoms with van der Waals surface area (Å²) in [6, 6.07) is 8.82. The maximum Gasteiger partial charge on any atom is 0.350 e. The molecule has 1 rings (SSSR count). The molecule has 0 fully saturated rings. The molecular weight excluding hydrogens is 178 g/mol. The van der Waals surface area contributed by atoms with Crippen molar-refractivity contribution in [1.82, 2.24) is 5.14 Å². The second-order valence-electron chi connectivity index (χ2n) is 2.20. The first-order valence-electron chi connectivity index (χ1n) is 3.26. The van der Waals surface area contributed by atoms with E-state index in [0.717, 1.165) is 5.56 Å². The van der Waals surface area contributed by atoms with Crippen LogP contribution in [0.15, 0.2) is 30.3 Å². The van der Waals surface area contributed by atoms with Crippen LogP contribution in [0.3, 0.4) is 0 Å². The summed E-state index contributed by atoms with van der Waals surface area (Å²) in [6.07, 6.45) is 0. The summed E-state index contributed by atoms with van der Waals surface area (Å²) in [5.74, 6) is 0. The second kappa shape index (κ2) is 3.66. The van der Waals surface area contributed by atoms with E-state index in [-0.39, 0.29) is 6.61 Å². The Morgan fingerprint density at radius 1 is 1.25 bits per heavy atom. The normalized spacial score (nSPS) is 11.4. The molecular formula is C7H8NO3S. The zero-order valence-corrected chi connectivity index (χ0v) is 7.04. The summed E-state index contributed by atoms with van der Waals surface area (Å²) in [5.41, 5.74) is 0.730. The molecule has 0 atom stereocenters. The minimum Gasteiger partial charge on any atom is -0.252 e. The highest BCUT2D eigenvalue weighted by Gasteiger charge is 2.02. The smallest absolute Gasteiger partial charge is 0.252 e. The fraction of sp³-hybridized carbons (Fsp3) is 0.143. The quantitative estimate of drug-likeness (QED) is 0.698. The van der Waals surface area contributed by atoms with E-state index in [2.05, 4.69) is 4.18 Å². The predicted octanol–water partition coefficient (Wildman–Crippen LogP) is 0.731. The Kier molecular flexibility index (Phi) is 2.80. The summed E-state index contributed by atoms with van der Waals surface area (Å²) in [6.45, 7) is -0.0767. The van der Waals surface area contributed by atoms with Crippen LogP contribution in [0.1, 0.15) is 5.56 Å². The molecule has 1 aromatic rings. The highest BCUT2D eigenvalue weighted by atomic mass is 32.2. The molecule has 0 spiro atoms. The molecule has 0 unspecified atom stereocenters. The summed E-state index contributed by atoms with van der Waals surface area (Å²) in [5, 5.41) is 6.43. The van der Waals surface area contributed by atoms with Gasteiger partial charge >= 0.3 is 10.3 Å². The molecule has 5 heteroatoms. The van der Waals surface area contributed by atoms with Crippen molar-refractivity contribution in [2.45, 2.75) is 6.61 Å². The van der Waals surface area contributed by atoms with Crippen LogP contribution >= 0.6 is 0 Å². The molecule has 0 aliphatic heterocycles. The Bertz CT molecular complexity index is 333. The van der Waals surface area contributed by atoms with Gasteiger partial charge in [-0.2, -0.15) is 8.42 Å². The first-order chi connectivity index (χ1) is 5.58. The van der Waals surface area contributed by atoms with Gasteiger partial charge in [0.25, 0.3) is 0 Å². The maximum absolute atomic E-state index is 10.2. The lowest BCUT2D eigenvalue weighted by Crippen LogP contribution is -2.05. The predicted molar refractivity (Wildman–Crippen MR) is 43.2 cm³/mol. The van der Waals surface area contributed by atoms with Gasteiger partial charge in [0, 0.05) is 0 Å². The lowest BCUT2D eigenvalue weighted by Gasteiger charge is -1.98. The van der Waals surface area contributed by atoms with Gasteiger partial charge in [-0.25, -0.2) is 0 Å². The van der Waals surface area contributed by atoms with Gasteiger partial charge in [0.1, 0.15) is 0 Å². The van der Waals surface area contributed by atoms with E-state index in [9.17, 15) is 8.42 Å². The minimum atomic E-state index is -4.07. The van der Waals surface area contributed by atoms with E-state index in [1.807, 2.05) is 6.07 Å². The fourth-order valence-electron chi connectivity index (χ4n) is 0.720. The maximum atomic E-state index is 10.2. The Morgan fingerprint density at radius 3 is 2.33 bits per heavy atom. The van der Waals surface area contributed by atoms with Gasteiger partial charge in [-0.3, -0.25) is 4.18 Å². The zero-order chi connectivity index (χ0) is 9.03. The molecule has 0 amide bonds. The van der Waals surface area contributed by atoms with Gasteiger partial charge in [0.2, 0.25) is 0 Å². The molecule has 4 nitrogen and oxygen atoms in total. The van der Waals surface area contributed by atoms with Crippen LogP contribution in [0.5, 0.6) is 0 Å². The van der Waals surface area contributed by atoms with Crippen molar-refractivity contribution in [2.24, 2.45) is 0 Å². The van der Waals surface area contributed by atoms with E-state index in [4.69, 9.17) is 5.14 Å². The van der Waals surface area contributed by atoms with E-state index in [0.29, 0.717) is 0 Å². The average molecular weight is 186 g/mol. The Balaban J connectivity index is 2.56. The number of benzene rings is 1. The first-order valence-corrected chi connectivity index (χ1v) is 4.67. The summed E-state index contributed by atoms with van der Waals surface area (Å²) >= 11 is 0. The lowest BCUT2D eigenvalue weighted by atomic mass is 10.2. The fourth-order valence-corrected chi connectivity index (χ4v) is 1.01. The van der Waals surface area contributed by atoms with Crippen molar-refractivity contribution in [3.63, 3.8) is 0 Å². The van der Waals surface area contributed by atoms with Crippen LogP contribution < -0.4 is 5.14 Å². The lowest BCUT2D eigenvalue weighted by molar-refractivity contribution is 0.307. The third-order valence-corrected chi connectivity index (χ3v) is 1.65. The summed E-state index contributed by atoms with van der Waals surface area (Å²) in [7, 11) is -4.07. The molecule has 12 heavy (non-hydrogen) atoms. The molecule has 65 valence electrons. The van der Waals surface area contributed by atoms with Crippen LogP contribution in [-0.2, 0) is 21.1 Å². The topological polar surface area (TPSA) is 67.2 Å². The number of hydrogen-bond acceptors (Lipinski definition) is 3. The molecule has 1 radical (unpaired) electrons.